The number of likely N-dealkylation sites (tertiary alicyclic amines) is 1. The highest BCUT2D eigenvalue weighted by atomic mass is 16.2. The van der Waals surface area contributed by atoms with E-state index in [4.69, 9.17) is 0 Å². The first-order chi connectivity index (χ1) is 10.2. The van der Waals surface area contributed by atoms with Gasteiger partial charge in [-0.25, -0.2) is 0 Å². The van der Waals surface area contributed by atoms with Crippen LogP contribution in [0.1, 0.15) is 36.2 Å². The molecule has 0 aromatic heterocycles. The summed E-state index contributed by atoms with van der Waals surface area (Å²) in [5, 5.41) is 3.34. The summed E-state index contributed by atoms with van der Waals surface area (Å²) >= 11 is 0. The number of carbonyl (C=O) groups is 1. The molecule has 1 unspecified atom stereocenters. The Morgan fingerprint density at radius 1 is 1.38 bits per heavy atom. The van der Waals surface area contributed by atoms with E-state index in [0.29, 0.717) is 6.04 Å². The molecule has 0 bridgehead atoms. The lowest BCUT2D eigenvalue weighted by atomic mass is 10.1. The Labute approximate surface area is 127 Å². The summed E-state index contributed by atoms with van der Waals surface area (Å²) in [5.41, 5.74) is 3.31. The Kier molecular flexibility index (Phi) is 4.15. The smallest absolute Gasteiger partial charge is 0.253 e. The average molecular weight is 287 g/mol. The van der Waals surface area contributed by atoms with Gasteiger partial charge in [-0.05, 0) is 49.7 Å². The zero-order chi connectivity index (χ0) is 14.8. The van der Waals surface area contributed by atoms with Gasteiger partial charge in [-0.15, -0.1) is 0 Å². The molecule has 1 saturated heterocycles. The standard InChI is InChI=1S/C17H25N3O/c1-3-19(4-2)15-8-10-20(12-15)17(21)14-5-6-16-13(11-14)7-9-18-16/h5-6,11,15,18H,3-4,7-10,12H2,1-2H3. The first-order valence-corrected chi connectivity index (χ1v) is 8.13. The number of benzene rings is 1. The SMILES string of the molecule is CCN(CC)C1CCN(C(=O)c2ccc3c(c2)CCN3)C1. The minimum Gasteiger partial charge on any atom is -0.384 e. The molecular formula is C17H25N3O. The fraction of sp³-hybridized carbons (Fsp3) is 0.588. The van der Waals surface area contributed by atoms with E-state index in [1.54, 1.807) is 0 Å². The van der Waals surface area contributed by atoms with E-state index in [9.17, 15) is 4.79 Å². The van der Waals surface area contributed by atoms with Crippen LogP contribution in [0.4, 0.5) is 5.69 Å². The van der Waals surface area contributed by atoms with Crippen molar-refractivity contribution in [3.05, 3.63) is 29.3 Å². The minimum atomic E-state index is 0.194. The Bertz CT molecular complexity index is 525. The Morgan fingerprint density at radius 2 is 2.19 bits per heavy atom. The van der Waals surface area contributed by atoms with Gasteiger partial charge in [0.1, 0.15) is 0 Å². The van der Waals surface area contributed by atoms with Gasteiger partial charge in [-0.3, -0.25) is 9.69 Å². The highest BCUT2D eigenvalue weighted by molar-refractivity contribution is 5.95. The molecule has 114 valence electrons. The molecule has 2 aliphatic heterocycles. The second-order valence-corrected chi connectivity index (χ2v) is 5.96. The normalized spacial score (nSPS) is 20.7. The number of rotatable bonds is 4. The lowest BCUT2D eigenvalue weighted by molar-refractivity contribution is 0.0778. The van der Waals surface area contributed by atoms with Crippen molar-refractivity contribution < 1.29 is 4.79 Å². The van der Waals surface area contributed by atoms with Crippen LogP contribution in [0.15, 0.2) is 18.2 Å². The first-order valence-electron chi connectivity index (χ1n) is 8.13. The monoisotopic (exact) mass is 287 g/mol. The second-order valence-electron chi connectivity index (χ2n) is 5.96. The fourth-order valence-electron chi connectivity index (χ4n) is 3.58. The van der Waals surface area contributed by atoms with Gasteiger partial charge in [0.15, 0.2) is 0 Å². The van der Waals surface area contributed by atoms with E-state index < -0.39 is 0 Å². The van der Waals surface area contributed by atoms with Crippen LogP contribution in [-0.2, 0) is 6.42 Å². The molecule has 1 aromatic carbocycles. The van der Waals surface area contributed by atoms with Crippen LogP contribution in [0.3, 0.4) is 0 Å². The number of hydrogen-bond donors (Lipinski definition) is 1. The van der Waals surface area contributed by atoms with E-state index in [1.807, 2.05) is 17.0 Å². The van der Waals surface area contributed by atoms with Crippen LogP contribution in [0, 0.1) is 0 Å². The van der Waals surface area contributed by atoms with Gasteiger partial charge < -0.3 is 10.2 Å². The number of amides is 1. The van der Waals surface area contributed by atoms with Crippen LogP contribution >= 0.6 is 0 Å². The van der Waals surface area contributed by atoms with Crippen molar-refractivity contribution in [2.24, 2.45) is 0 Å². The number of anilines is 1. The molecule has 3 rings (SSSR count). The molecule has 1 atom stereocenters. The van der Waals surface area contributed by atoms with Crippen molar-refractivity contribution in [1.82, 2.24) is 9.80 Å². The Balaban J connectivity index is 1.69. The molecule has 1 amide bonds. The van der Waals surface area contributed by atoms with Gasteiger partial charge >= 0.3 is 0 Å². The molecule has 0 aliphatic carbocycles. The molecule has 1 aromatic rings. The molecule has 1 fully saturated rings. The first kappa shape index (κ1) is 14.4. The van der Waals surface area contributed by atoms with Gasteiger partial charge in [-0.1, -0.05) is 13.8 Å². The predicted octanol–water partition coefficient (Wildman–Crippen LogP) is 2.21. The summed E-state index contributed by atoms with van der Waals surface area (Å²) in [5.74, 6) is 0.194. The van der Waals surface area contributed by atoms with Crippen LogP contribution in [0.5, 0.6) is 0 Å². The predicted molar refractivity (Wildman–Crippen MR) is 85.9 cm³/mol. The molecule has 4 nitrogen and oxygen atoms in total. The van der Waals surface area contributed by atoms with E-state index in [2.05, 4.69) is 30.1 Å². The molecule has 1 N–H and O–H groups in total. The van der Waals surface area contributed by atoms with Gasteiger partial charge in [0, 0.05) is 36.9 Å². The lowest BCUT2D eigenvalue weighted by Crippen LogP contribution is -2.38. The fourth-order valence-corrected chi connectivity index (χ4v) is 3.58. The second kappa shape index (κ2) is 6.06. The molecule has 21 heavy (non-hydrogen) atoms. The Hall–Kier alpha value is -1.55. The molecule has 0 radical (unpaired) electrons. The number of carbonyl (C=O) groups excluding carboxylic acids is 1. The van der Waals surface area contributed by atoms with Gasteiger partial charge in [0.05, 0.1) is 0 Å². The van der Waals surface area contributed by atoms with Crippen LogP contribution in [-0.4, -0.2) is 54.5 Å². The van der Waals surface area contributed by atoms with E-state index in [-0.39, 0.29) is 5.91 Å². The highest BCUT2D eigenvalue weighted by Crippen LogP contribution is 2.25. The maximum atomic E-state index is 12.7. The molecule has 4 heteroatoms. The summed E-state index contributed by atoms with van der Waals surface area (Å²) in [6.07, 6.45) is 2.12. The molecular weight excluding hydrogens is 262 g/mol. The third-order valence-electron chi connectivity index (χ3n) is 4.84. The zero-order valence-electron chi connectivity index (χ0n) is 13.1. The number of fused-ring (bicyclic) bond motifs is 1. The third kappa shape index (κ3) is 2.77. The van der Waals surface area contributed by atoms with Gasteiger partial charge in [0.2, 0.25) is 0 Å². The van der Waals surface area contributed by atoms with Gasteiger partial charge in [0.25, 0.3) is 5.91 Å². The molecule has 2 heterocycles. The van der Waals surface area contributed by atoms with Crippen LogP contribution in [0.2, 0.25) is 0 Å². The summed E-state index contributed by atoms with van der Waals surface area (Å²) in [6.45, 7) is 9.26. The van der Waals surface area contributed by atoms with Crippen LogP contribution < -0.4 is 5.32 Å². The maximum absolute atomic E-state index is 12.7. The third-order valence-corrected chi connectivity index (χ3v) is 4.84. The van der Waals surface area contributed by atoms with E-state index in [1.165, 1.54) is 11.3 Å². The summed E-state index contributed by atoms with van der Waals surface area (Å²) in [6, 6.07) is 6.61. The minimum absolute atomic E-state index is 0.194. The Morgan fingerprint density at radius 3 is 2.95 bits per heavy atom. The van der Waals surface area contributed by atoms with Crippen LogP contribution in [0.25, 0.3) is 0 Å². The summed E-state index contributed by atoms with van der Waals surface area (Å²) < 4.78 is 0. The van der Waals surface area contributed by atoms with E-state index >= 15 is 0 Å². The lowest BCUT2D eigenvalue weighted by Gasteiger charge is -2.26. The van der Waals surface area contributed by atoms with Crippen molar-refractivity contribution in [2.45, 2.75) is 32.7 Å². The van der Waals surface area contributed by atoms with Crippen molar-refractivity contribution in [3.63, 3.8) is 0 Å². The summed E-state index contributed by atoms with van der Waals surface area (Å²) in [4.78, 5) is 17.2. The quantitative estimate of drug-likeness (QED) is 0.922. The van der Waals surface area contributed by atoms with Crippen molar-refractivity contribution in [3.8, 4) is 0 Å². The molecule has 0 saturated carbocycles. The largest absolute Gasteiger partial charge is 0.384 e. The van der Waals surface area contributed by atoms with Gasteiger partial charge in [-0.2, -0.15) is 0 Å². The van der Waals surface area contributed by atoms with Crippen molar-refractivity contribution in [2.75, 3.05) is 38.0 Å². The molecule has 0 spiro atoms. The number of nitrogens with zero attached hydrogens (tertiary/aromatic N) is 2. The topological polar surface area (TPSA) is 35.6 Å². The maximum Gasteiger partial charge on any atom is 0.253 e. The van der Waals surface area contributed by atoms with E-state index in [0.717, 1.165) is 51.1 Å². The molecule has 2 aliphatic rings. The van der Waals surface area contributed by atoms with Crippen molar-refractivity contribution >= 4 is 11.6 Å². The number of hydrogen-bond acceptors (Lipinski definition) is 3. The number of likely N-dealkylation sites (N-methyl/N-ethyl adjacent to an activating group) is 1. The average Bonchev–Trinajstić information content (AvgIpc) is 3.16. The zero-order valence-corrected chi connectivity index (χ0v) is 13.1. The summed E-state index contributed by atoms with van der Waals surface area (Å²) in [7, 11) is 0. The number of nitrogens with one attached hydrogen (secondary N) is 1. The van der Waals surface area contributed by atoms with Crippen molar-refractivity contribution in [1.29, 1.82) is 0 Å². The highest BCUT2D eigenvalue weighted by Gasteiger charge is 2.30.